The lowest BCUT2D eigenvalue weighted by molar-refractivity contribution is -0.149. The van der Waals surface area contributed by atoms with Crippen LogP contribution < -0.4 is 11.5 Å². The molecule has 1 aromatic rings. The Hall–Kier alpha value is -1.55. The lowest BCUT2D eigenvalue weighted by atomic mass is 9.79. The van der Waals surface area contributed by atoms with Crippen LogP contribution in [-0.4, -0.2) is 19.1 Å². The predicted octanol–water partition coefficient (Wildman–Crippen LogP) is 1.44. The first-order chi connectivity index (χ1) is 8.04. The van der Waals surface area contributed by atoms with Gasteiger partial charge in [0.15, 0.2) is 0 Å². The van der Waals surface area contributed by atoms with E-state index >= 15 is 0 Å². The molecule has 0 saturated heterocycles. The van der Waals surface area contributed by atoms with Crippen molar-refractivity contribution in [2.24, 2.45) is 5.73 Å². The van der Waals surface area contributed by atoms with Crippen LogP contribution in [0.1, 0.15) is 25.8 Å². The molecule has 0 heterocycles. The number of anilines is 1. The Morgan fingerprint density at radius 1 is 1.35 bits per heavy atom. The predicted molar refractivity (Wildman–Crippen MR) is 68.5 cm³/mol. The Kier molecular flexibility index (Phi) is 4.52. The van der Waals surface area contributed by atoms with Gasteiger partial charge in [-0.05, 0) is 44.5 Å². The second-order valence-corrected chi connectivity index (χ2v) is 4.21. The molecule has 0 saturated carbocycles. The number of nitrogen functional groups attached to an aromatic ring is 1. The average Bonchev–Trinajstić information content (AvgIpc) is 2.30. The Bertz CT molecular complexity index is 376. The minimum atomic E-state index is -0.696. The molecular weight excluding hydrogens is 216 g/mol. The molecule has 1 atom stereocenters. The van der Waals surface area contributed by atoms with E-state index in [1.165, 1.54) is 0 Å². The number of hydrogen-bond donors (Lipinski definition) is 2. The van der Waals surface area contributed by atoms with Crippen molar-refractivity contribution in [1.29, 1.82) is 0 Å². The molecule has 17 heavy (non-hydrogen) atoms. The van der Waals surface area contributed by atoms with Crippen LogP contribution in [0.25, 0.3) is 0 Å². The monoisotopic (exact) mass is 236 g/mol. The second-order valence-electron chi connectivity index (χ2n) is 4.21. The van der Waals surface area contributed by atoms with E-state index in [0.717, 1.165) is 5.56 Å². The van der Waals surface area contributed by atoms with Crippen molar-refractivity contribution < 1.29 is 9.53 Å². The third kappa shape index (κ3) is 2.97. The van der Waals surface area contributed by atoms with Crippen LogP contribution in [0.4, 0.5) is 5.69 Å². The second kappa shape index (κ2) is 5.68. The van der Waals surface area contributed by atoms with Gasteiger partial charge in [0.05, 0.1) is 12.0 Å². The highest BCUT2D eigenvalue weighted by molar-refractivity contribution is 5.82. The summed E-state index contributed by atoms with van der Waals surface area (Å²) in [5.41, 5.74) is 12.1. The third-order valence-electron chi connectivity index (χ3n) is 2.92. The van der Waals surface area contributed by atoms with Gasteiger partial charge in [0, 0.05) is 5.69 Å². The Morgan fingerprint density at radius 2 is 1.94 bits per heavy atom. The van der Waals surface area contributed by atoms with Crippen molar-refractivity contribution in [3.05, 3.63) is 29.8 Å². The smallest absolute Gasteiger partial charge is 0.316 e. The van der Waals surface area contributed by atoms with E-state index < -0.39 is 5.41 Å². The van der Waals surface area contributed by atoms with Crippen molar-refractivity contribution >= 4 is 11.7 Å². The largest absolute Gasteiger partial charge is 0.465 e. The van der Waals surface area contributed by atoms with E-state index in [4.69, 9.17) is 16.2 Å². The van der Waals surface area contributed by atoms with Gasteiger partial charge in [-0.3, -0.25) is 4.79 Å². The SMILES string of the molecule is CCOC(=O)C(C)(CCN)c1ccc(N)cc1. The van der Waals surface area contributed by atoms with Crippen LogP contribution in [0.5, 0.6) is 0 Å². The van der Waals surface area contributed by atoms with Gasteiger partial charge in [-0.15, -0.1) is 0 Å². The topological polar surface area (TPSA) is 78.3 Å². The van der Waals surface area contributed by atoms with Gasteiger partial charge >= 0.3 is 5.97 Å². The maximum atomic E-state index is 12.0. The zero-order valence-corrected chi connectivity index (χ0v) is 10.4. The summed E-state index contributed by atoms with van der Waals surface area (Å²) in [5.74, 6) is -0.241. The molecule has 0 bridgehead atoms. The zero-order chi connectivity index (χ0) is 12.9. The highest BCUT2D eigenvalue weighted by atomic mass is 16.5. The quantitative estimate of drug-likeness (QED) is 0.599. The van der Waals surface area contributed by atoms with Gasteiger partial charge < -0.3 is 16.2 Å². The molecule has 4 heteroatoms. The number of nitrogens with two attached hydrogens (primary N) is 2. The van der Waals surface area contributed by atoms with Crippen LogP contribution in [0.3, 0.4) is 0 Å². The number of benzene rings is 1. The number of rotatable bonds is 5. The average molecular weight is 236 g/mol. The van der Waals surface area contributed by atoms with Crippen molar-refractivity contribution in [1.82, 2.24) is 0 Å². The Morgan fingerprint density at radius 3 is 2.41 bits per heavy atom. The summed E-state index contributed by atoms with van der Waals surface area (Å²) in [4.78, 5) is 12.0. The van der Waals surface area contributed by atoms with Crippen LogP contribution >= 0.6 is 0 Å². The van der Waals surface area contributed by atoms with Gasteiger partial charge in [-0.2, -0.15) is 0 Å². The minimum Gasteiger partial charge on any atom is -0.465 e. The molecule has 4 nitrogen and oxygen atoms in total. The summed E-state index contributed by atoms with van der Waals surface area (Å²) in [7, 11) is 0. The highest BCUT2D eigenvalue weighted by Crippen LogP contribution is 2.29. The maximum absolute atomic E-state index is 12.0. The van der Waals surface area contributed by atoms with Gasteiger partial charge in [-0.25, -0.2) is 0 Å². The standard InChI is InChI=1S/C13H20N2O2/c1-3-17-12(16)13(2,8-9-14)10-4-6-11(15)7-5-10/h4-7H,3,8-9,14-15H2,1-2H3. The molecule has 0 fully saturated rings. The number of carbonyl (C=O) groups excluding carboxylic acids is 1. The molecule has 4 N–H and O–H groups in total. The minimum absolute atomic E-state index is 0.241. The fourth-order valence-corrected chi connectivity index (χ4v) is 1.79. The first-order valence-electron chi connectivity index (χ1n) is 5.78. The maximum Gasteiger partial charge on any atom is 0.316 e. The lowest BCUT2D eigenvalue weighted by Crippen LogP contribution is -2.36. The van der Waals surface area contributed by atoms with Crippen LogP contribution in [0.2, 0.25) is 0 Å². The zero-order valence-electron chi connectivity index (χ0n) is 10.4. The number of hydrogen-bond acceptors (Lipinski definition) is 4. The van der Waals surface area contributed by atoms with Gasteiger partial charge in [0.1, 0.15) is 0 Å². The number of carbonyl (C=O) groups is 1. The molecule has 1 unspecified atom stereocenters. The molecule has 0 aliphatic rings. The van der Waals surface area contributed by atoms with E-state index in [1.807, 2.05) is 19.1 Å². The van der Waals surface area contributed by atoms with Gasteiger partial charge in [0.2, 0.25) is 0 Å². The molecule has 0 aromatic heterocycles. The first-order valence-corrected chi connectivity index (χ1v) is 5.78. The Labute approximate surface area is 102 Å². The molecular formula is C13H20N2O2. The molecule has 0 spiro atoms. The molecule has 0 aliphatic heterocycles. The van der Waals surface area contributed by atoms with Crippen molar-refractivity contribution in [3.63, 3.8) is 0 Å². The summed E-state index contributed by atoms with van der Waals surface area (Å²) in [6.45, 7) is 4.45. The summed E-state index contributed by atoms with van der Waals surface area (Å²) >= 11 is 0. The highest BCUT2D eigenvalue weighted by Gasteiger charge is 2.35. The van der Waals surface area contributed by atoms with Crippen molar-refractivity contribution in [2.75, 3.05) is 18.9 Å². The molecule has 0 radical (unpaired) electrons. The van der Waals surface area contributed by atoms with Gasteiger partial charge in [0.25, 0.3) is 0 Å². The molecule has 1 aromatic carbocycles. The van der Waals surface area contributed by atoms with E-state index in [9.17, 15) is 4.79 Å². The van der Waals surface area contributed by atoms with Crippen LogP contribution in [-0.2, 0) is 14.9 Å². The first kappa shape index (κ1) is 13.5. The number of esters is 1. The summed E-state index contributed by atoms with van der Waals surface area (Å²) in [6.07, 6.45) is 0.551. The lowest BCUT2D eigenvalue weighted by Gasteiger charge is -2.27. The van der Waals surface area contributed by atoms with Crippen molar-refractivity contribution in [3.8, 4) is 0 Å². The molecule has 0 amide bonds. The van der Waals surface area contributed by atoms with Crippen LogP contribution in [0, 0.1) is 0 Å². The third-order valence-corrected chi connectivity index (χ3v) is 2.92. The molecule has 0 aliphatic carbocycles. The van der Waals surface area contributed by atoms with E-state index in [1.54, 1.807) is 19.1 Å². The van der Waals surface area contributed by atoms with Crippen molar-refractivity contribution in [2.45, 2.75) is 25.7 Å². The Balaban J connectivity index is 3.06. The fourth-order valence-electron chi connectivity index (χ4n) is 1.79. The summed E-state index contributed by atoms with van der Waals surface area (Å²) < 4.78 is 5.12. The fraction of sp³-hybridized carbons (Fsp3) is 0.462. The summed E-state index contributed by atoms with van der Waals surface area (Å²) in [5, 5.41) is 0. The van der Waals surface area contributed by atoms with E-state index in [0.29, 0.717) is 25.3 Å². The van der Waals surface area contributed by atoms with E-state index in [2.05, 4.69) is 0 Å². The summed E-state index contributed by atoms with van der Waals surface area (Å²) in [6, 6.07) is 7.26. The molecule has 1 rings (SSSR count). The normalized spacial score (nSPS) is 14.1. The van der Waals surface area contributed by atoms with Gasteiger partial charge in [-0.1, -0.05) is 12.1 Å². The number of ether oxygens (including phenoxy) is 1. The van der Waals surface area contributed by atoms with E-state index in [-0.39, 0.29) is 5.97 Å². The van der Waals surface area contributed by atoms with Crippen LogP contribution in [0.15, 0.2) is 24.3 Å². The molecule has 94 valence electrons.